The number of amides is 3. The Bertz CT molecular complexity index is 778. The molecule has 24 heavy (non-hydrogen) atoms. The lowest BCUT2D eigenvalue weighted by Gasteiger charge is -2.24. The second kappa shape index (κ2) is 6.70. The van der Waals surface area contributed by atoms with E-state index in [2.05, 4.69) is 10.6 Å². The Morgan fingerprint density at radius 2 is 1.88 bits per heavy atom. The summed E-state index contributed by atoms with van der Waals surface area (Å²) in [7, 11) is 0. The molecule has 0 bridgehead atoms. The van der Waals surface area contributed by atoms with Crippen LogP contribution in [0.1, 0.15) is 12.5 Å². The molecule has 0 radical (unpaired) electrons. The lowest BCUT2D eigenvalue weighted by molar-refractivity contribution is -0.118. The number of para-hydroxylation sites is 2. The first-order valence-electron chi connectivity index (χ1n) is 7.74. The number of fused-ring (bicyclic) bond motifs is 1. The largest absolute Gasteiger partial charge is 0.359 e. The average Bonchev–Trinajstić information content (AvgIpc) is 2.85. The SMILES string of the molecule is C[C@@H]1Cc2ccccc2N1CC(=O)NC(=O)Nc1ccccc1F. The Morgan fingerprint density at radius 3 is 2.67 bits per heavy atom. The minimum absolute atomic E-state index is 0.0303. The van der Waals surface area contributed by atoms with Gasteiger partial charge in [0.1, 0.15) is 5.82 Å². The molecule has 1 atom stereocenters. The molecule has 2 aromatic carbocycles. The molecule has 0 unspecified atom stereocenters. The maximum atomic E-state index is 13.5. The fourth-order valence-electron chi connectivity index (χ4n) is 2.91. The summed E-state index contributed by atoms with van der Waals surface area (Å²) >= 11 is 0. The molecule has 3 rings (SSSR count). The topological polar surface area (TPSA) is 61.4 Å². The first kappa shape index (κ1) is 16.0. The molecule has 0 fully saturated rings. The van der Waals surface area contributed by atoms with E-state index in [1.54, 1.807) is 6.07 Å². The fraction of sp³-hybridized carbons (Fsp3) is 0.222. The number of nitrogens with one attached hydrogen (secondary N) is 2. The normalized spacial score (nSPS) is 15.8. The third-order valence-electron chi connectivity index (χ3n) is 4.04. The van der Waals surface area contributed by atoms with Crippen molar-refractivity contribution in [3.63, 3.8) is 0 Å². The van der Waals surface area contributed by atoms with Crippen LogP contribution in [0.3, 0.4) is 0 Å². The van der Waals surface area contributed by atoms with Crippen molar-refractivity contribution < 1.29 is 14.0 Å². The summed E-state index contributed by atoms with van der Waals surface area (Å²) in [6.07, 6.45) is 0.866. The van der Waals surface area contributed by atoms with Crippen LogP contribution in [0.25, 0.3) is 0 Å². The Hall–Kier alpha value is -2.89. The average molecular weight is 327 g/mol. The minimum Gasteiger partial charge on any atom is -0.359 e. The first-order valence-corrected chi connectivity index (χ1v) is 7.74. The zero-order chi connectivity index (χ0) is 17.1. The predicted molar refractivity (Wildman–Crippen MR) is 90.5 cm³/mol. The highest BCUT2D eigenvalue weighted by Crippen LogP contribution is 2.31. The number of nitrogens with zero attached hydrogens (tertiary/aromatic N) is 1. The van der Waals surface area contributed by atoms with E-state index in [0.29, 0.717) is 0 Å². The zero-order valence-corrected chi connectivity index (χ0v) is 13.3. The van der Waals surface area contributed by atoms with Gasteiger partial charge in [-0.05, 0) is 37.1 Å². The van der Waals surface area contributed by atoms with Gasteiger partial charge in [-0.1, -0.05) is 30.3 Å². The van der Waals surface area contributed by atoms with Crippen LogP contribution in [0.2, 0.25) is 0 Å². The molecular weight excluding hydrogens is 309 g/mol. The molecule has 0 aliphatic carbocycles. The van der Waals surface area contributed by atoms with Gasteiger partial charge in [0, 0.05) is 11.7 Å². The van der Waals surface area contributed by atoms with Crippen LogP contribution >= 0.6 is 0 Å². The van der Waals surface area contributed by atoms with Crippen LogP contribution in [0, 0.1) is 5.82 Å². The number of benzene rings is 2. The summed E-state index contributed by atoms with van der Waals surface area (Å²) < 4.78 is 13.5. The summed E-state index contributed by atoms with van der Waals surface area (Å²) in [5.74, 6) is -0.991. The van der Waals surface area contributed by atoms with E-state index in [4.69, 9.17) is 0 Å². The second-order valence-electron chi connectivity index (χ2n) is 5.79. The molecular formula is C18H18FN3O2. The summed E-state index contributed by atoms with van der Waals surface area (Å²) in [6, 6.07) is 13.1. The van der Waals surface area contributed by atoms with Gasteiger partial charge < -0.3 is 10.2 Å². The van der Waals surface area contributed by atoms with E-state index in [1.807, 2.05) is 36.1 Å². The van der Waals surface area contributed by atoms with Crippen LogP contribution in [0.4, 0.5) is 20.6 Å². The number of carbonyl (C=O) groups excluding carboxylic acids is 2. The molecule has 0 saturated heterocycles. The molecule has 5 nitrogen and oxygen atoms in total. The smallest absolute Gasteiger partial charge is 0.326 e. The van der Waals surface area contributed by atoms with E-state index < -0.39 is 17.8 Å². The van der Waals surface area contributed by atoms with Gasteiger partial charge in [-0.15, -0.1) is 0 Å². The van der Waals surface area contributed by atoms with Crippen LogP contribution in [-0.2, 0) is 11.2 Å². The van der Waals surface area contributed by atoms with Crippen LogP contribution in [0.5, 0.6) is 0 Å². The van der Waals surface area contributed by atoms with E-state index in [-0.39, 0.29) is 18.3 Å². The maximum Gasteiger partial charge on any atom is 0.326 e. The van der Waals surface area contributed by atoms with Gasteiger partial charge >= 0.3 is 6.03 Å². The second-order valence-corrected chi connectivity index (χ2v) is 5.79. The lowest BCUT2D eigenvalue weighted by atomic mass is 10.1. The Morgan fingerprint density at radius 1 is 1.17 bits per heavy atom. The third-order valence-corrected chi connectivity index (χ3v) is 4.04. The monoisotopic (exact) mass is 327 g/mol. The summed E-state index contributed by atoms with van der Waals surface area (Å²) in [6.45, 7) is 2.11. The van der Waals surface area contributed by atoms with Crippen LogP contribution < -0.4 is 15.5 Å². The molecule has 1 heterocycles. The van der Waals surface area contributed by atoms with E-state index in [9.17, 15) is 14.0 Å². The van der Waals surface area contributed by atoms with Crippen molar-refractivity contribution in [2.75, 3.05) is 16.8 Å². The maximum absolute atomic E-state index is 13.5. The molecule has 0 saturated carbocycles. The fourth-order valence-corrected chi connectivity index (χ4v) is 2.91. The first-order chi connectivity index (χ1) is 11.5. The van der Waals surface area contributed by atoms with Crippen LogP contribution in [-0.4, -0.2) is 24.5 Å². The standard InChI is InChI=1S/C18H18FN3O2/c1-12-10-13-6-2-5-9-16(13)22(12)11-17(23)21-18(24)20-15-8-4-3-7-14(15)19/h2-9,12H,10-11H2,1H3,(H2,20,21,23,24)/t12-/m1/s1. The van der Waals surface area contributed by atoms with Crippen molar-refractivity contribution in [1.82, 2.24) is 5.32 Å². The summed E-state index contributed by atoms with van der Waals surface area (Å²) in [4.78, 5) is 25.9. The van der Waals surface area contributed by atoms with Crippen molar-refractivity contribution in [1.29, 1.82) is 0 Å². The number of halogens is 1. The molecule has 124 valence electrons. The van der Waals surface area contributed by atoms with E-state index >= 15 is 0 Å². The molecule has 0 spiro atoms. The van der Waals surface area contributed by atoms with Gasteiger partial charge in [-0.3, -0.25) is 10.1 Å². The molecule has 3 amide bonds. The number of hydrogen-bond donors (Lipinski definition) is 2. The predicted octanol–water partition coefficient (Wildman–Crippen LogP) is 2.93. The van der Waals surface area contributed by atoms with E-state index in [1.165, 1.54) is 23.8 Å². The van der Waals surface area contributed by atoms with Gasteiger partial charge in [0.05, 0.1) is 12.2 Å². The number of rotatable bonds is 3. The molecule has 0 aromatic heterocycles. The molecule has 2 aromatic rings. The third kappa shape index (κ3) is 3.37. The lowest BCUT2D eigenvalue weighted by Crippen LogP contribution is -2.43. The quantitative estimate of drug-likeness (QED) is 0.911. The van der Waals surface area contributed by atoms with Crippen molar-refractivity contribution in [2.45, 2.75) is 19.4 Å². The van der Waals surface area contributed by atoms with Crippen LogP contribution in [0.15, 0.2) is 48.5 Å². The van der Waals surface area contributed by atoms with Gasteiger partial charge in [-0.2, -0.15) is 0 Å². The van der Waals surface area contributed by atoms with Crippen molar-refractivity contribution in [3.8, 4) is 0 Å². The highest BCUT2D eigenvalue weighted by atomic mass is 19.1. The number of carbonyl (C=O) groups is 2. The molecule has 1 aliphatic heterocycles. The Kier molecular flexibility index (Phi) is 4.46. The summed E-state index contributed by atoms with van der Waals surface area (Å²) in [5, 5.41) is 4.57. The van der Waals surface area contributed by atoms with Gasteiger partial charge in [0.15, 0.2) is 0 Å². The van der Waals surface area contributed by atoms with Crippen molar-refractivity contribution >= 4 is 23.3 Å². The van der Waals surface area contributed by atoms with Gasteiger partial charge in [0.2, 0.25) is 5.91 Å². The number of hydrogen-bond acceptors (Lipinski definition) is 3. The van der Waals surface area contributed by atoms with Gasteiger partial charge in [-0.25, -0.2) is 9.18 Å². The van der Waals surface area contributed by atoms with Gasteiger partial charge in [0.25, 0.3) is 0 Å². The molecule has 6 heteroatoms. The summed E-state index contributed by atoms with van der Waals surface area (Å²) in [5.41, 5.74) is 2.23. The van der Waals surface area contributed by atoms with E-state index in [0.717, 1.165) is 12.1 Å². The number of urea groups is 1. The number of imide groups is 1. The Balaban J connectivity index is 1.60. The Labute approximate surface area is 139 Å². The highest BCUT2D eigenvalue weighted by molar-refractivity contribution is 6.02. The minimum atomic E-state index is -0.745. The highest BCUT2D eigenvalue weighted by Gasteiger charge is 2.27. The number of anilines is 2. The van der Waals surface area contributed by atoms with Crippen molar-refractivity contribution in [2.24, 2.45) is 0 Å². The zero-order valence-electron chi connectivity index (χ0n) is 13.3. The van der Waals surface area contributed by atoms with Crippen molar-refractivity contribution in [3.05, 3.63) is 59.9 Å². The molecule has 1 aliphatic rings. The molecule has 2 N–H and O–H groups in total.